The van der Waals surface area contributed by atoms with Gasteiger partial charge in [0.1, 0.15) is 0 Å². The maximum absolute atomic E-state index is 11.7. The second-order valence-corrected chi connectivity index (χ2v) is 4.78. The molecule has 1 aromatic rings. The predicted octanol–water partition coefficient (Wildman–Crippen LogP) is 0.792. The zero-order chi connectivity index (χ0) is 13.2. The van der Waals surface area contributed by atoms with E-state index in [2.05, 4.69) is 5.32 Å². The number of carbonyl (C=O) groups is 2. The zero-order valence-corrected chi connectivity index (χ0v) is 9.98. The molecule has 0 heterocycles. The van der Waals surface area contributed by atoms with E-state index < -0.39 is 11.4 Å². The van der Waals surface area contributed by atoms with Crippen molar-refractivity contribution in [1.82, 2.24) is 5.32 Å². The van der Waals surface area contributed by atoms with E-state index in [9.17, 15) is 9.59 Å². The number of rotatable bonds is 5. The molecule has 18 heavy (non-hydrogen) atoms. The Bertz CT molecular complexity index is 481. The van der Waals surface area contributed by atoms with Gasteiger partial charge in [0.15, 0.2) is 0 Å². The molecule has 0 atom stereocenters. The molecule has 5 heteroatoms. The van der Waals surface area contributed by atoms with Crippen molar-refractivity contribution in [3.8, 4) is 0 Å². The lowest BCUT2D eigenvalue weighted by molar-refractivity contribution is -0.143. The van der Waals surface area contributed by atoms with Crippen LogP contribution in [0.15, 0.2) is 24.3 Å². The summed E-state index contributed by atoms with van der Waals surface area (Å²) in [7, 11) is 0. The van der Waals surface area contributed by atoms with E-state index >= 15 is 0 Å². The second-order valence-electron chi connectivity index (χ2n) is 4.78. The number of hydrogen-bond acceptors (Lipinski definition) is 3. The van der Waals surface area contributed by atoms with Crippen molar-refractivity contribution in [2.75, 3.05) is 12.3 Å². The summed E-state index contributed by atoms with van der Waals surface area (Å²) in [5.41, 5.74) is 6.34. The molecule has 0 radical (unpaired) electrons. The van der Waals surface area contributed by atoms with Crippen LogP contribution in [-0.2, 0) is 16.0 Å². The van der Waals surface area contributed by atoms with Crippen LogP contribution in [0.3, 0.4) is 0 Å². The predicted molar refractivity (Wildman–Crippen MR) is 66.9 cm³/mol. The summed E-state index contributed by atoms with van der Waals surface area (Å²) in [4.78, 5) is 22.6. The number of anilines is 1. The molecule has 0 unspecified atom stereocenters. The summed E-state index contributed by atoms with van der Waals surface area (Å²) < 4.78 is 0. The molecule has 0 spiro atoms. The van der Waals surface area contributed by atoms with Gasteiger partial charge < -0.3 is 16.2 Å². The third-order valence-corrected chi connectivity index (χ3v) is 3.25. The molecule has 96 valence electrons. The molecule has 1 amide bonds. The first kappa shape index (κ1) is 12.4. The van der Waals surface area contributed by atoms with Crippen molar-refractivity contribution in [1.29, 1.82) is 0 Å². The Balaban J connectivity index is 1.84. The van der Waals surface area contributed by atoms with Gasteiger partial charge in [-0.3, -0.25) is 9.59 Å². The van der Waals surface area contributed by atoms with Crippen LogP contribution in [0.1, 0.15) is 18.4 Å². The maximum Gasteiger partial charge on any atom is 0.311 e. The third-order valence-electron chi connectivity index (χ3n) is 3.25. The first-order valence-electron chi connectivity index (χ1n) is 5.86. The van der Waals surface area contributed by atoms with Crippen molar-refractivity contribution in [2.24, 2.45) is 5.41 Å². The van der Waals surface area contributed by atoms with Crippen LogP contribution in [0.4, 0.5) is 5.69 Å². The molecule has 0 saturated heterocycles. The fraction of sp³-hybridized carbons (Fsp3) is 0.385. The first-order valence-corrected chi connectivity index (χ1v) is 5.86. The highest BCUT2D eigenvalue weighted by Crippen LogP contribution is 2.45. The molecule has 5 nitrogen and oxygen atoms in total. The van der Waals surface area contributed by atoms with Crippen LogP contribution in [-0.4, -0.2) is 23.5 Å². The molecule has 0 bridgehead atoms. The van der Waals surface area contributed by atoms with Gasteiger partial charge in [-0.2, -0.15) is 0 Å². The lowest BCUT2D eigenvalue weighted by Gasteiger charge is -2.11. The molecule has 1 aliphatic rings. The number of hydrogen-bond donors (Lipinski definition) is 3. The number of amides is 1. The van der Waals surface area contributed by atoms with Gasteiger partial charge in [0.05, 0.1) is 11.8 Å². The highest BCUT2D eigenvalue weighted by Gasteiger charge is 2.50. The van der Waals surface area contributed by atoms with Crippen LogP contribution in [0, 0.1) is 5.41 Å². The zero-order valence-electron chi connectivity index (χ0n) is 9.98. The fourth-order valence-electron chi connectivity index (χ4n) is 1.84. The number of nitrogen functional groups attached to an aromatic ring is 1. The minimum atomic E-state index is -0.827. The largest absolute Gasteiger partial charge is 0.481 e. The monoisotopic (exact) mass is 248 g/mol. The number of carbonyl (C=O) groups excluding carboxylic acids is 1. The van der Waals surface area contributed by atoms with Gasteiger partial charge in [-0.25, -0.2) is 0 Å². The standard InChI is InChI=1S/C13H16N2O3/c14-10-3-1-2-9(6-10)7-11(16)15-8-13(4-5-13)12(17)18/h1-3,6H,4-5,7-8,14H2,(H,15,16)(H,17,18). The Morgan fingerprint density at radius 3 is 2.67 bits per heavy atom. The average molecular weight is 248 g/mol. The molecule has 0 aliphatic heterocycles. The average Bonchev–Trinajstić information content (AvgIpc) is 3.07. The van der Waals surface area contributed by atoms with Gasteiger partial charge in [-0.15, -0.1) is 0 Å². The van der Waals surface area contributed by atoms with E-state index in [-0.39, 0.29) is 18.9 Å². The minimum Gasteiger partial charge on any atom is -0.481 e. The summed E-state index contributed by atoms with van der Waals surface area (Å²) in [6, 6.07) is 7.10. The summed E-state index contributed by atoms with van der Waals surface area (Å²) in [5, 5.41) is 11.6. The molecule has 1 fully saturated rings. The van der Waals surface area contributed by atoms with E-state index in [0.717, 1.165) is 5.56 Å². The van der Waals surface area contributed by atoms with Crippen LogP contribution in [0.5, 0.6) is 0 Å². The number of nitrogens with one attached hydrogen (secondary N) is 1. The smallest absolute Gasteiger partial charge is 0.311 e. The summed E-state index contributed by atoms with van der Waals surface area (Å²) in [6.07, 6.45) is 1.50. The summed E-state index contributed by atoms with van der Waals surface area (Å²) in [5.74, 6) is -1.00. The van der Waals surface area contributed by atoms with Gasteiger partial charge in [0.25, 0.3) is 0 Å². The molecule has 0 aromatic heterocycles. The molecule has 1 aliphatic carbocycles. The van der Waals surface area contributed by atoms with E-state index in [0.29, 0.717) is 18.5 Å². The maximum atomic E-state index is 11.7. The Kier molecular flexibility index (Phi) is 3.23. The number of benzene rings is 1. The Morgan fingerprint density at radius 1 is 1.39 bits per heavy atom. The van der Waals surface area contributed by atoms with Gasteiger partial charge >= 0.3 is 5.97 Å². The van der Waals surface area contributed by atoms with Crippen LogP contribution >= 0.6 is 0 Å². The Labute approximate surface area is 105 Å². The summed E-state index contributed by atoms with van der Waals surface area (Å²) >= 11 is 0. The lowest BCUT2D eigenvalue weighted by Crippen LogP contribution is -2.35. The summed E-state index contributed by atoms with van der Waals surface area (Å²) in [6.45, 7) is 0.212. The molecular formula is C13H16N2O3. The Hall–Kier alpha value is -2.04. The van der Waals surface area contributed by atoms with Gasteiger partial charge in [0, 0.05) is 12.2 Å². The van der Waals surface area contributed by atoms with Crippen molar-refractivity contribution >= 4 is 17.6 Å². The minimum absolute atomic E-state index is 0.173. The molecule has 1 saturated carbocycles. The normalized spacial score (nSPS) is 16.0. The number of nitrogens with two attached hydrogens (primary N) is 1. The molecule has 2 rings (SSSR count). The van der Waals surface area contributed by atoms with Crippen molar-refractivity contribution in [3.05, 3.63) is 29.8 Å². The number of aliphatic carboxylic acids is 1. The van der Waals surface area contributed by atoms with E-state index in [4.69, 9.17) is 10.8 Å². The SMILES string of the molecule is Nc1cccc(CC(=O)NCC2(C(=O)O)CC2)c1. The van der Waals surface area contributed by atoms with E-state index in [1.54, 1.807) is 18.2 Å². The van der Waals surface area contributed by atoms with Crippen molar-refractivity contribution in [3.63, 3.8) is 0 Å². The fourth-order valence-corrected chi connectivity index (χ4v) is 1.84. The molecule has 1 aromatic carbocycles. The highest BCUT2D eigenvalue weighted by atomic mass is 16.4. The van der Waals surface area contributed by atoms with Crippen LogP contribution in [0.2, 0.25) is 0 Å². The van der Waals surface area contributed by atoms with Gasteiger partial charge in [-0.1, -0.05) is 12.1 Å². The van der Waals surface area contributed by atoms with E-state index in [1.165, 1.54) is 0 Å². The molecular weight excluding hydrogens is 232 g/mol. The third kappa shape index (κ3) is 2.80. The van der Waals surface area contributed by atoms with Gasteiger partial charge in [-0.05, 0) is 30.5 Å². The van der Waals surface area contributed by atoms with Gasteiger partial charge in [0.2, 0.25) is 5.91 Å². The quantitative estimate of drug-likeness (QED) is 0.672. The van der Waals surface area contributed by atoms with Crippen LogP contribution < -0.4 is 11.1 Å². The second kappa shape index (κ2) is 4.68. The first-order chi connectivity index (χ1) is 8.52. The Morgan fingerprint density at radius 2 is 2.11 bits per heavy atom. The lowest BCUT2D eigenvalue weighted by atomic mass is 10.1. The van der Waals surface area contributed by atoms with Crippen molar-refractivity contribution in [2.45, 2.75) is 19.3 Å². The van der Waals surface area contributed by atoms with E-state index in [1.807, 2.05) is 6.07 Å². The van der Waals surface area contributed by atoms with Crippen LogP contribution in [0.25, 0.3) is 0 Å². The number of carboxylic acid groups (broad SMARTS) is 1. The van der Waals surface area contributed by atoms with Crippen molar-refractivity contribution < 1.29 is 14.7 Å². The highest BCUT2D eigenvalue weighted by molar-refractivity contribution is 5.82. The topological polar surface area (TPSA) is 92.4 Å². The number of carboxylic acids is 1. The molecule has 4 N–H and O–H groups in total.